The second kappa shape index (κ2) is 7.61. The quantitative estimate of drug-likeness (QED) is 0.607. The summed E-state index contributed by atoms with van der Waals surface area (Å²) in [5.41, 5.74) is -0.476. The standard InChI is InChI=1S/C19H37NO3Si/c1-15(23-24(8,9)19(5,6)7)14-16-12-10-11-13-20(16)17(21)22-18(2,3)4/h11,13,15-16H,10,12,14H2,1-9H3/t15-,16+/m0/s1. The molecule has 140 valence electrons. The van der Waals surface area contributed by atoms with E-state index in [1.807, 2.05) is 33.0 Å². The number of ether oxygens (including phenoxy) is 1. The molecule has 0 fully saturated rings. The van der Waals surface area contributed by atoms with Crippen LogP contribution in [0.15, 0.2) is 12.3 Å². The molecule has 2 atom stereocenters. The van der Waals surface area contributed by atoms with Gasteiger partial charge in [-0.3, -0.25) is 4.90 Å². The average molecular weight is 356 g/mol. The third kappa shape index (κ3) is 6.24. The number of nitrogens with zero attached hydrogens (tertiary/aromatic N) is 1. The molecule has 0 spiro atoms. The molecule has 0 saturated carbocycles. The largest absolute Gasteiger partial charge is 0.443 e. The Morgan fingerprint density at radius 3 is 2.33 bits per heavy atom. The molecule has 0 aromatic carbocycles. The first-order chi connectivity index (χ1) is 10.7. The Bertz CT molecular complexity index is 460. The third-order valence-corrected chi connectivity index (χ3v) is 9.44. The van der Waals surface area contributed by atoms with E-state index in [-0.39, 0.29) is 23.3 Å². The van der Waals surface area contributed by atoms with E-state index < -0.39 is 13.9 Å². The molecule has 1 aliphatic heterocycles. The minimum Gasteiger partial charge on any atom is -0.443 e. The zero-order valence-electron chi connectivity index (χ0n) is 17.1. The number of rotatable bonds is 4. The van der Waals surface area contributed by atoms with Gasteiger partial charge in [-0.25, -0.2) is 4.79 Å². The molecule has 1 heterocycles. The molecule has 1 aliphatic rings. The Morgan fingerprint density at radius 2 is 1.83 bits per heavy atom. The topological polar surface area (TPSA) is 38.8 Å². The summed E-state index contributed by atoms with van der Waals surface area (Å²) in [5.74, 6) is 0. The van der Waals surface area contributed by atoms with E-state index in [1.54, 1.807) is 4.90 Å². The van der Waals surface area contributed by atoms with Gasteiger partial charge in [-0.15, -0.1) is 0 Å². The van der Waals surface area contributed by atoms with E-state index in [2.05, 4.69) is 40.8 Å². The first-order valence-corrected chi connectivity index (χ1v) is 12.0. The predicted octanol–water partition coefficient (Wildman–Crippen LogP) is 5.70. The number of allylic oxidation sites excluding steroid dienone is 1. The summed E-state index contributed by atoms with van der Waals surface area (Å²) >= 11 is 0. The lowest BCUT2D eigenvalue weighted by atomic mass is 10.0. The molecular formula is C19H37NO3Si. The van der Waals surface area contributed by atoms with Crippen LogP contribution in [0.3, 0.4) is 0 Å². The third-order valence-electron chi connectivity index (χ3n) is 4.84. The van der Waals surface area contributed by atoms with Gasteiger partial charge in [-0.2, -0.15) is 0 Å². The molecule has 0 saturated heterocycles. The van der Waals surface area contributed by atoms with Crippen molar-refractivity contribution in [2.24, 2.45) is 0 Å². The van der Waals surface area contributed by atoms with Gasteiger partial charge in [0.25, 0.3) is 0 Å². The van der Waals surface area contributed by atoms with Crippen molar-refractivity contribution in [3.05, 3.63) is 12.3 Å². The average Bonchev–Trinajstić information content (AvgIpc) is 2.34. The molecule has 0 unspecified atom stereocenters. The summed E-state index contributed by atoms with van der Waals surface area (Å²) in [6.45, 7) is 19.1. The van der Waals surface area contributed by atoms with Crippen LogP contribution in [0.5, 0.6) is 0 Å². The number of carbonyl (C=O) groups excluding carboxylic acids is 1. The van der Waals surface area contributed by atoms with Gasteiger partial charge in [0.05, 0.1) is 0 Å². The van der Waals surface area contributed by atoms with Gasteiger partial charge in [-0.05, 0) is 65.1 Å². The summed E-state index contributed by atoms with van der Waals surface area (Å²) in [5, 5.41) is 0.193. The fraction of sp³-hybridized carbons (Fsp3) is 0.842. The molecule has 1 rings (SSSR count). The highest BCUT2D eigenvalue weighted by atomic mass is 28.4. The van der Waals surface area contributed by atoms with E-state index in [0.29, 0.717) is 0 Å². The van der Waals surface area contributed by atoms with Gasteiger partial charge >= 0.3 is 6.09 Å². The molecule has 5 heteroatoms. The molecule has 0 bridgehead atoms. The zero-order chi connectivity index (χ0) is 18.8. The number of carbonyl (C=O) groups is 1. The lowest BCUT2D eigenvalue weighted by molar-refractivity contribution is 0.0209. The molecular weight excluding hydrogens is 318 g/mol. The van der Waals surface area contributed by atoms with Crippen LogP contribution in [0.4, 0.5) is 4.79 Å². The van der Waals surface area contributed by atoms with Gasteiger partial charge in [0.15, 0.2) is 8.32 Å². The SMILES string of the molecule is C[C@@H](C[C@H]1CCC=CN1C(=O)OC(C)(C)C)O[Si](C)(C)C(C)(C)C. The molecule has 24 heavy (non-hydrogen) atoms. The number of hydrogen-bond acceptors (Lipinski definition) is 3. The zero-order valence-corrected chi connectivity index (χ0v) is 18.1. The first kappa shape index (κ1) is 21.2. The van der Waals surface area contributed by atoms with Crippen LogP contribution in [0.1, 0.15) is 67.7 Å². The maximum absolute atomic E-state index is 12.5. The van der Waals surface area contributed by atoms with Gasteiger partial charge in [0, 0.05) is 18.3 Å². The van der Waals surface area contributed by atoms with Crippen molar-refractivity contribution < 1.29 is 14.0 Å². The Labute approximate surface area is 149 Å². The van der Waals surface area contributed by atoms with Gasteiger partial charge in [-0.1, -0.05) is 26.8 Å². The molecule has 0 radical (unpaired) electrons. The van der Waals surface area contributed by atoms with Crippen molar-refractivity contribution in [3.8, 4) is 0 Å². The highest BCUT2D eigenvalue weighted by molar-refractivity contribution is 6.74. The summed E-state index contributed by atoms with van der Waals surface area (Å²) in [6, 6.07) is 0.143. The van der Waals surface area contributed by atoms with E-state index in [4.69, 9.17) is 9.16 Å². The molecule has 0 aliphatic carbocycles. The lowest BCUT2D eigenvalue weighted by Crippen LogP contribution is -2.46. The van der Waals surface area contributed by atoms with Crippen LogP contribution in [0, 0.1) is 0 Å². The van der Waals surface area contributed by atoms with Crippen LogP contribution in [-0.4, -0.2) is 37.1 Å². The molecule has 0 N–H and O–H groups in total. The lowest BCUT2D eigenvalue weighted by Gasteiger charge is -2.40. The minimum atomic E-state index is -1.79. The van der Waals surface area contributed by atoms with E-state index >= 15 is 0 Å². The number of amides is 1. The molecule has 0 aromatic heterocycles. The first-order valence-electron chi connectivity index (χ1n) is 9.09. The van der Waals surface area contributed by atoms with Crippen molar-refractivity contribution in [1.82, 2.24) is 4.90 Å². The predicted molar refractivity (Wildman–Crippen MR) is 103 cm³/mol. The van der Waals surface area contributed by atoms with E-state index in [1.165, 1.54) is 0 Å². The van der Waals surface area contributed by atoms with Crippen LogP contribution in [-0.2, 0) is 9.16 Å². The maximum Gasteiger partial charge on any atom is 0.414 e. The van der Waals surface area contributed by atoms with Gasteiger partial charge in [0.1, 0.15) is 5.60 Å². The van der Waals surface area contributed by atoms with E-state index in [0.717, 1.165) is 19.3 Å². The minimum absolute atomic E-state index is 0.132. The monoisotopic (exact) mass is 355 g/mol. The Morgan fingerprint density at radius 1 is 1.25 bits per heavy atom. The van der Waals surface area contributed by atoms with Gasteiger partial charge < -0.3 is 9.16 Å². The molecule has 0 aromatic rings. The van der Waals surface area contributed by atoms with Crippen LogP contribution < -0.4 is 0 Å². The summed E-state index contributed by atoms with van der Waals surface area (Å²) in [7, 11) is -1.79. The Hall–Kier alpha value is -0.813. The smallest absolute Gasteiger partial charge is 0.414 e. The highest BCUT2D eigenvalue weighted by Crippen LogP contribution is 2.38. The Kier molecular flexibility index (Phi) is 6.73. The van der Waals surface area contributed by atoms with Crippen LogP contribution in [0.2, 0.25) is 18.1 Å². The fourth-order valence-corrected chi connectivity index (χ4v) is 4.06. The van der Waals surface area contributed by atoms with Crippen molar-refractivity contribution in [2.45, 2.75) is 104 Å². The molecule has 1 amide bonds. The van der Waals surface area contributed by atoms with Crippen molar-refractivity contribution in [3.63, 3.8) is 0 Å². The second-order valence-electron chi connectivity index (χ2n) is 9.43. The van der Waals surface area contributed by atoms with Crippen LogP contribution in [0.25, 0.3) is 0 Å². The maximum atomic E-state index is 12.5. The van der Waals surface area contributed by atoms with Crippen molar-refractivity contribution >= 4 is 14.4 Å². The summed E-state index contributed by atoms with van der Waals surface area (Å²) in [4.78, 5) is 14.2. The normalized spacial score (nSPS) is 20.9. The molecule has 4 nitrogen and oxygen atoms in total. The summed E-state index contributed by atoms with van der Waals surface area (Å²) in [6.07, 6.45) is 6.59. The second-order valence-corrected chi connectivity index (χ2v) is 14.2. The highest BCUT2D eigenvalue weighted by Gasteiger charge is 2.39. The fourth-order valence-electron chi connectivity index (χ4n) is 2.60. The van der Waals surface area contributed by atoms with Crippen molar-refractivity contribution in [2.75, 3.05) is 0 Å². The van der Waals surface area contributed by atoms with Crippen molar-refractivity contribution in [1.29, 1.82) is 0 Å². The Balaban J connectivity index is 2.74. The van der Waals surface area contributed by atoms with Gasteiger partial charge in [0.2, 0.25) is 0 Å². The number of hydrogen-bond donors (Lipinski definition) is 0. The van der Waals surface area contributed by atoms with E-state index in [9.17, 15) is 4.79 Å². The van der Waals surface area contributed by atoms with Crippen LogP contribution >= 0.6 is 0 Å². The summed E-state index contributed by atoms with van der Waals surface area (Å²) < 4.78 is 12.0.